The topological polar surface area (TPSA) is 29.1 Å². The first-order valence-corrected chi connectivity index (χ1v) is 6.19. The second-order valence-electron chi connectivity index (χ2n) is 2.83. The zero-order valence-electron chi connectivity index (χ0n) is 7.72. The summed E-state index contributed by atoms with van der Waals surface area (Å²) in [5, 5.41) is 3.31. The highest BCUT2D eigenvalue weighted by atomic mass is 35.5. The van der Waals surface area contributed by atoms with E-state index in [-0.39, 0.29) is 5.82 Å². The van der Waals surface area contributed by atoms with E-state index in [1.54, 1.807) is 6.26 Å². The van der Waals surface area contributed by atoms with E-state index in [9.17, 15) is 8.60 Å². The normalized spacial score (nSPS) is 12.5. The van der Waals surface area contributed by atoms with Crippen LogP contribution in [-0.4, -0.2) is 22.8 Å². The lowest BCUT2D eigenvalue weighted by atomic mass is 10.3. The van der Waals surface area contributed by atoms with Gasteiger partial charge in [0.25, 0.3) is 0 Å². The molecule has 78 valence electrons. The number of halogens is 2. The average molecular weight is 236 g/mol. The maximum absolute atomic E-state index is 13.1. The van der Waals surface area contributed by atoms with Crippen molar-refractivity contribution in [3.05, 3.63) is 29.0 Å². The molecule has 1 aromatic carbocycles. The Kier molecular flexibility index (Phi) is 4.35. The molecule has 0 spiro atoms. The lowest BCUT2D eigenvalue weighted by Crippen LogP contribution is -2.10. The number of hydrogen-bond donors (Lipinski definition) is 1. The van der Waals surface area contributed by atoms with Crippen LogP contribution >= 0.6 is 11.6 Å². The van der Waals surface area contributed by atoms with Crippen LogP contribution in [0.15, 0.2) is 18.2 Å². The SMILES string of the molecule is CS(=O)CCNc1cc(Cl)ccc1F. The van der Waals surface area contributed by atoms with E-state index in [0.29, 0.717) is 23.0 Å². The Morgan fingerprint density at radius 2 is 2.29 bits per heavy atom. The number of benzene rings is 1. The van der Waals surface area contributed by atoms with E-state index in [1.165, 1.54) is 18.2 Å². The van der Waals surface area contributed by atoms with Crippen molar-refractivity contribution in [1.29, 1.82) is 0 Å². The van der Waals surface area contributed by atoms with Crippen LogP contribution in [0.4, 0.5) is 10.1 Å². The summed E-state index contributed by atoms with van der Waals surface area (Å²) in [7, 11) is -0.869. The van der Waals surface area contributed by atoms with Gasteiger partial charge >= 0.3 is 0 Å². The van der Waals surface area contributed by atoms with E-state index < -0.39 is 10.8 Å². The van der Waals surface area contributed by atoms with Crippen molar-refractivity contribution < 1.29 is 8.60 Å². The van der Waals surface area contributed by atoms with Gasteiger partial charge in [-0.1, -0.05) is 11.6 Å². The predicted molar refractivity (Wildman–Crippen MR) is 58.8 cm³/mol. The third-order valence-corrected chi connectivity index (χ3v) is 2.65. The summed E-state index contributed by atoms with van der Waals surface area (Å²) in [6, 6.07) is 4.29. The summed E-state index contributed by atoms with van der Waals surface area (Å²) >= 11 is 5.69. The summed E-state index contributed by atoms with van der Waals surface area (Å²) in [5.41, 5.74) is 0.350. The molecule has 0 radical (unpaired) electrons. The number of rotatable bonds is 4. The van der Waals surface area contributed by atoms with E-state index in [4.69, 9.17) is 11.6 Å². The molecular formula is C9H11ClFNOS. The fourth-order valence-electron chi connectivity index (χ4n) is 0.962. The van der Waals surface area contributed by atoms with Crippen molar-refractivity contribution in [3.8, 4) is 0 Å². The molecule has 5 heteroatoms. The van der Waals surface area contributed by atoms with Gasteiger partial charge in [0, 0.05) is 34.4 Å². The first kappa shape index (κ1) is 11.5. The molecule has 0 fully saturated rings. The molecule has 0 saturated carbocycles. The first-order valence-electron chi connectivity index (χ1n) is 4.08. The van der Waals surface area contributed by atoms with Crippen LogP contribution in [0.5, 0.6) is 0 Å². The molecule has 1 N–H and O–H groups in total. The molecule has 1 atom stereocenters. The fourth-order valence-corrected chi connectivity index (χ4v) is 1.52. The van der Waals surface area contributed by atoms with Crippen molar-refractivity contribution in [2.45, 2.75) is 0 Å². The van der Waals surface area contributed by atoms with Gasteiger partial charge in [0.1, 0.15) is 5.82 Å². The molecule has 1 unspecified atom stereocenters. The van der Waals surface area contributed by atoms with Crippen molar-refractivity contribution >= 4 is 28.1 Å². The van der Waals surface area contributed by atoms with Crippen molar-refractivity contribution in [1.82, 2.24) is 0 Å². The quantitative estimate of drug-likeness (QED) is 0.868. The zero-order valence-corrected chi connectivity index (χ0v) is 9.29. The van der Waals surface area contributed by atoms with E-state index in [1.807, 2.05) is 0 Å². The van der Waals surface area contributed by atoms with Crippen LogP contribution in [-0.2, 0) is 10.8 Å². The molecule has 2 nitrogen and oxygen atoms in total. The van der Waals surface area contributed by atoms with Gasteiger partial charge in [0.15, 0.2) is 0 Å². The van der Waals surface area contributed by atoms with Gasteiger partial charge in [0.2, 0.25) is 0 Å². The smallest absolute Gasteiger partial charge is 0.146 e. The van der Waals surface area contributed by atoms with E-state index >= 15 is 0 Å². The van der Waals surface area contributed by atoms with Crippen LogP contribution in [0.3, 0.4) is 0 Å². The average Bonchev–Trinajstić information content (AvgIpc) is 2.10. The van der Waals surface area contributed by atoms with Gasteiger partial charge in [-0.15, -0.1) is 0 Å². The lowest BCUT2D eigenvalue weighted by Gasteiger charge is -2.06. The zero-order chi connectivity index (χ0) is 10.6. The second-order valence-corrected chi connectivity index (χ2v) is 4.82. The standard InChI is InChI=1S/C9H11ClFNOS/c1-14(13)5-4-12-9-6-7(10)2-3-8(9)11/h2-3,6,12H,4-5H2,1H3. The Labute approximate surface area is 89.9 Å². The summed E-state index contributed by atoms with van der Waals surface area (Å²) in [6.45, 7) is 0.473. The molecule has 1 rings (SSSR count). The molecule has 0 heterocycles. The van der Waals surface area contributed by atoms with E-state index in [0.717, 1.165) is 0 Å². The Bertz CT molecular complexity index is 346. The molecule has 0 aromatic heterocycles. The van der Waals surface area contributed by atoms with Crippen LogP contribution < -0.4 is 5.32 Å². The monoisotopic (exact) mass is 235 g/mol. The van der Waals surface area contributed by atoms with Crippen LogP contribution in [0.25, 0.3) is 0 Å². The summed E-state index contributed by atoms with van der Waals surface area (Å²) in [6.07, 6.45) is 1.61. The molecule has 0 saturated heterocycles. The lowest BCUT2D eigenvalue weighted by molar-refractivity contribution is 0.630. The summed E-state index contributed by atoms with van der Waals surface area (Å²) in [4.78, 5) is 0. The second kappa shape index (κ2) is 5.32. The number of anilines is 1. The number of nitrogens with one attached hydrogen (secondary N) is 1. The Morgan fingerprint density at radius 3 is 2.93 bits per heavy atom. The third-order valence-electron chi connectivity index (χ3n) is 1.63. The maximum atomic E-state index is 13.1. The minimum atomic E-state index is -0.869. The molecule has 0 bridgehead atoms. The van der Waals surface area contributed by atoms with Crippen LogP contribution in [0.1, 0.15) is 0 Å². The third kappa shape index (κ3) is 3.64. The van der Waals surface area contributed by atoms with Crippen LogP contribution in [0.2, 0.25) is 5.02 Å². The largest absolute Gasteiger partial charge is 0.382 e. The molecule has 0 aliphatic heterocycles. The molecule has 0 amide bonds. The minimum absolute atomic E-state index is 0.350. The maximum Gasteiger partial charge on any atom is 0.146 e. The molecule has 0 aliphatic rings. The first-order chi connectivity index (χ1) is 6.59. The van der Waals surface area contributed by atoms with Gasteiger partial charge in [-0.05, 0) is 18.2 Å². The Balaban J connectivity index is 2.57. The minimum Gasteiger partial charge on any atom is -0.382 e. The Morgan fingerprint density at radius 1 is 1.57 bits per heavy atom. The molecule has 1 aromatic rings. The number of hydrogen-bond acceptors (Lipinski definition) is 2. The molecule has 14 heavy (non-hydrogen) atoms. The highest BCUT2D eigenvalue weighted by Gasteiger charge is 2.01. The summed E-state index contributed by atoms with van der Waals surface area (Å²) in [5.74, 6) is 0.141. The van der Waals surface area contributed by atoms with E-state index in [2.05, 4.69) is 5.32 Å². The van der Waals surface area contributed by atoms with Gasteiger partial charge < -0.3 is 5.32 Å². The van der Waals surface area contributed by atoms with Crippen molar-refractivity contribution in [2.75, 3.05) is 23.9 Å². The predicted octanol–water partition coefficient (Wildman–Crippen LogP) is 2.27. The molecular weight excluding hydrogens is 225 g/mol. The van der Waals surface area contributed by atoms with Crippen molar-refractivity contribution in [3.63, 3.8) is 0 Å². The summed E-state index contributed by atoms with van der Waals surface area (Å²) < 4.78 is 23.8. The van der Waals surface area contributed by atoms with Gasteiger partial charge in [0.05, 0.1) is 5.69 Å². The van der Waals surface area contributed by atoms with Gasteiger partial charge in [-0.2, -0.15) is 0 Å². The highest BCUT2D eigenvalue weighted by molar-refractivity contribution is 7.84. The van der Waals surface area contributed by atoms with Crippen LogP contribution in [0, 0.1) is 5.82 Å². The van der Waals surface area contributed by atoms with Gasteiger partial charge in [-0.3, -0.25) is 4.21 Å². The fraction of sp³-hybridized carbons (Fsp3) is 0.333. The van der Waals surface area contributed by atoms with Gasteiger partial charge in [-0.25, -0.2) is 4.39 Å². The highest BCUT2D eigenvalue weighted by Crippen LogP contribution is 2.18. The van der Waals surface area contributed by atoms with Crippen molar-refractivity contribution in [2.24, 2.45) is 0 Å². The molecule has 0 aliphatic carbocycles. The Hall–Kier alpha value is -0.610.